The van der Waals surface area contributed by atoms with Gasteiger partial charge in [0.05, 0.1) is 11.8 Å². The van der Waals surface area contributed by atoms with Gasteiger partial charge in [-0.05, 0) is 35.2 Å². The normalized spacial score (nSPS) is 11.8. The van der Waals surface area contributed by atoms with Crippen LogP contribution in [0.15, 0.2) is 66.7 Å². The van der Waals surface area contributed by atoms with Gasteiger partial charge < -0.3 is 14.4 Å². The summed E-state index contributed by atoms with van der Waals surface area (Å²) in [4.78, 5) is 11.0. The third-order valence-electron chi connectivity index (χ3n) is 4.73. The van der Waals surface area contributed by atoms with Crippen molar-refractivity contribution < 1.29 is 19.2 Å². The van der Waals surface area contributed by atoms with Crippen LogP contribution in [0.1, 0.15) is 34.0 Å². The molecule has 1 atom stereocenters. The highest BCUT2D eigenvalue weighted by Gasteiger charge is 2.17. The molecule has 5 heteroatoms. The number of ether oxygens (including phenoxy) is 1. The van der Waals surface area contributed by atoms with Crippen molar-refractivity contribution in [3.8, 4) is 16.9 Å². The second-order valence-electron chi connectivity index (χ2n) is 6.81. The summed E-state index contributed by atoms with van der Waals surface area (Å²) in [5.41, 5.74) is 5.32. The maximum atomic E-state index is 11.9. The molecule has 3 rings (SSSR count). The number of carboxylic acid groups (broad SMARTS) is 1. The molecule has 0 fully saturated rings. The van der Waals surface area contributed by atoms with Crippen LogP contribution in [0, 0.1) is 0 Å². The van der Waals surface area contributed by atoms with E-state index in [1.54, 1.807) is 30.5 Å². The first-order chi connectivity index (χ1) is 14.0. The summed E-state index contributed by atoms with van der Waals surface area (Å²) in [6, 6.07) is 20.8. The Kier molecular flexibility index (Phi) is 6.96. The molecule has 150 valence electrons. The van der Waals surface area contributed by atoms with E-state index in [1.165, 1.54) is 5.56 Å². The molecule has 0 aliphatic rings. The second kappa shape index (κ2) is 9.63. The first-order valence-corrected chi connectivity index (χ1v) is 11.2. The molecule has 4 nitrogen and oxygen atoms in total. The number of aromatic carboxylic acids is 1. The quantitative estimate of drug-likeness (QED) is 0.528. The number of hydrogen-bond donors (Lipinski definition) is 1. The monoisotopic (exact) mass is 408 g/mol. The molecular formula is C24H24O4S. The first kappa shape index (κ1) is 21.0. The molecule has 0 radical (unpaired) electrons. The lowest BCUT2D eigenvalue weighted by Gasteiger charge is -2.18. The number of para-hydroxylation sites is 1. The second-order valence-corrected chi connectivity index (χ2v) is 8.25. The van der Waals surface area contributed by atoms with Crippen molar-refractivity contribution in [3.63, 3.8) is 0 Å². The number of benzene rings is 3. The molecule has 0 aliphatic heterocycles. The summed E-state index contributed by atoms with van der Waals surface area (Å²) in [6.07, 6.45) is 2.58. The fourth-order valence-electron chi connectivity index (χ4n) is 3.29. The van der Waals surface area contributed by atoms with E-state index >= 15 is 0 Å². The number of carbonyl (C=O) groups is 1. The summed E-state index contributed by atoms with van der Waals surface area (Å²) in [7, 11) is 0. The van der Waals surface area contributed by atoms with E-state index in [-0.39, 0.29) is 5.56 Å². The molecular weight excluding hydrogens is 384 g/mol. The van der Waals surface area contributed by atoms with E-state index < -0.39 is 17.1 Å². The predicted molar refractivity (Wildman–Crippen MR) is 117 cm³/mol. The van der Waals surface area contributed by atoms with Crippen LogP contribution in [-0.4, -0.2) is 21.9 Å². The van der Waals surface area contributed by atoms with Crippen LogP contribution in [0.2, 0.25) is 0 Å². The van der Waals surface area contributed by atoms with Crippen molar-refractivity contribution in [2.24, 2.45) is 0 Å². The van der Waals surface area contributed by atoms with E-state index in [9.17, 15) is 9.35 Å². The third kappa shape index (κ3) is 5.19. The number of hydrogen-bond acceptors (Lipinski definition) is 3. The van der Waals surface area contributed by atoms with Crippen LogP contribution in [-0.2, 0) is 30.0 Å². The van der Waals surface area contributed by atoms with Crippen LogP contribution in [0.4, 0.5) is 0 Å². The maximum absolute atomic E-state index is 11.9. The fourth-order valence-corrected chi connectivity index (χ4v) is 3.96. The summed E-state index contributed by atoms with van der Waals surface area (Å²) < 4.78 is 18.1. The zero-order valence-electron chi connectivity index (χ0n) is 16.6. The minimum atomic E-state index is -1.00. The molecule has 0 saturated heterocycles. The Balaban J connectivity index is 1.97. The van der Waals surface area contributed by atoms with Gasteiger partial charge in [-0.25, -0.2) is 4.79 Å². The topological polar surface area (TPSA) is 69.6 Å². The molecule has 0 aliphatic carbocycles. The molecule has 3 aromatic rings. The summed E-state index contributed by atoms with van der Waals surface area (Å²) in [5.74, 6) is 0.188. The Morgan fingerprint density at radius 2 is 1.62 bits per heavy atom. The van der Waals surface area contributed by atoms with Crippen LogP contribution in [0.3, 0.4) is 0 Å². The zero-order valence-corrected chi connectivity index (χ0v) is 17.4. The Morgan fingerprint density at radius 1 is 0.966 bits per heavy atom. The van der Waals surface area contributed by atoms with Crippen molar-refractivity contribution in [2.75, 3.05) is 6.26 Å². The number of carboxylic acids is 1. The highest BCUT2D eigenvalue weighted by Crippen LogP contribution is 2.36. The van der Waals surface area contributed by atoms with Gasteiger partial charge in [0, 0.05) is 11.1 Å². The molecule has 3 aromatic carbocycles. The van der Waals surface area contributed by atoms with Crippen molar-refractivity contribution >= 4 is 17.1 Å². The van der Waals surface area contributed by atoms with E-state index in [0.717, 1.165) is 34.4 Å². The van der Waals surface area contributed by atoms with Crippen molar-refractivity contribution in [1.82, 2.24) is 0 Å². The molecule has 1 N–H and O–H groups in total. The first-order valence-electron chi connectivity index (χ1n) is 9.44. The summed E-state index contributed by atoms with van der Waals surface area (Å²) >= 11 is -1.00. The van der Waals surface area contributed by atoms with Crippen molar-refractivity contribution in [2.45, 2.75) is 25.7 Å². The number of rotatable bonds is 8. The minimum absolute atomic E-state index is 0.244. The smallest absolute Gasteiger partial charge is 0.335 e. The van der Waals surface area contributed by atoms with Gasteiger partial charge in [-0.1, -0.05) is 72.7 Å². The van der Waals surface area contributed by atoms with E-state index in [0.29, 0.717) is 12.4 Å². The van der Waals surface area contributed by atoms with Gasteiger partial charge in [0.15, 0.2) is 0 Å². The third-order valence-corrected chi connectivity index (χ3v) is 5.45. The maximum Gasteiger partial charge on any atom is 0.335 e. The Labute approximate surface area is 174 Å². The molecule has 1 unspecified atom stereocenters. The molecule has 0 saturated carbocycles. The van der Waals surface area contributed by atoms with E-state index in [4.69, 9.17) is 9.84 Å². The SMILES string of the molecule is CCc1ccccc1-c1cccc(C[S+](C)[O-])c1OCc1ccc(C(=O)O)cc1. The van der Waals surface area contributed by atoms with Gasteiger partial charge in [-0.3, -0.25) is 0 Å². The van der Waals surface area contributed by atoms with Crippen LogP contribution in [0.5, 0.6) is 5.75 Å². The van der Waals surface area contributed by atoms with Crippen molar-refractivity contribution in [1.29, 1.82) is 0 Å². The molecule has 0 bridgehead atoms. The van der Waals surface area contributed by atoms with Crippen LogP contribution in [0.25, 0.3) is 11.1 Å². The van der Waals surface area contributed by atoms with Crippen molar-refractivity contribution in [3.05, 3.63) is 89.0 Å². The minimum Gasteiger partial charge on any atom is -0.616 e. The van der Waals surface area contributed by atoms with E-state index in [2.05, 4.69) is 19.1 Å². The lowest BCUT2D eigenvalue weighted by Crippen LogP contribution is -2.06. The van der Waals surface area contributed by atoms with Gasteiger partial charge in [-0.15, -0.1) is 0 Å². The standard InChI is InChI=1S/C24H24O4S/c1-3-18-7-4-5-9-21(18)22-10-6-8-20(16-29(2)27)23(22)28-15-17-11-13-19(14-12-17)24(25)26/h4-14H,3,15-16H2,1-2H3,(H,25,26). The van der Waals surface area contributed by atoms with Crippen LogP contribution >= 0.6 is 0 Å². The fraction of sp³-hybridized carbons (Fsp3) is 0.208. The highest BCUT2D eigenvalue weighted by molar-refractivity contribution is 7.89. The molecule has 0 aromatic heterocycles. The Hall–Kier alpha value is -2.76. The largest absolute Gasteiger partial charge is 0.616 e. The summed E-state index contributed by atoms with van der Waals surface area (Å²) in [5, 5.41) is 9.06. The molecule has 29 heavy (non-hydrogen) atoms. The predicted octanol–water partition coefficient (Wildman–Crippen LogP) is 5.07. The molecule has 0 heterocycles. The van der Waals surface area contributed by atoms with Crippen LogP contribution < -0.4 is 4.74 Å². The lowest BCUT2D eigenvalue weighted by molar-refractivity contribution is 0.0697. The zero-order chi connectivity index (χ0) is 20.8. The van der Waals surface area contributed by atoms with Gasteiger partial charge in [0.25, 0.3) is 0 Å². The average Bonchev–Trinajstić information content (AvgIpc) is 2.72. The van der Waals surface area contributed by atoms with Gasteiger partial charge in [-0.2, -0.15) is 0 Å². The van der Waals surface area contributed by atoms with E-state index in [1.807, 2.05) is 30.3 Å². The Morgan fingerprint density at radius 3 is 2.28 bits per heavy atom. The lowest BCUT2D eigenvalue weighted by atomic mass is 9.96. The number of aryl methyl sites for hydroxylation is 1. The highest BCUT2D eigenvalue weighted by atomic mass is 32.2. The Bertz CT molecular complexity index is 980. The molecule has 0 spiro atoms. The van der Waals surface area contributed by atoms with Gasteiger partial charge in [0.2, 0.25) is 0 Å². The van der Waals surface area contributed by atoms with Gasteiger partial charge >= 0.3 is 5.97 Å². The average molecular weight is 409 g/mol. The molecule has 0 amide bonds. The summed E-state index contributed by atoms with van der Waals surface area (Å²) in [6.45, 7) is 2.42. The van der Waals surface area contributed by atoms with Gasteiger partial charge in [0.1, 0.15) is 18.1 Å².